The highest BCUT2D eigenvalue weighted by molar-refractivity contribution is 7.80. The summed E-state index contributed by atoms with van der Waals surface area (Å²) in [6, 6.07) is 2.92. The molecule has 0 fully saturated rings. The van der Waals surface area contributed by atoms with Gasteiger partial charge in [-0.25, -0.2) is 0 Å². The van der Waals surface area contributed by atoms with E-state index >= 15 is 0 Å². The van der Waals surface area contributed by atoms with E-state index in [1.165, 1.54) is 6.07 Å². The second-order valence-electron chi connectivity index (χ2n) is 4.63. The summed E-state index contributed by atoms with van der Waals surface area (Å²) in [7, 11) is 0. The fraction of sp³-hybridized carbons (Fsp3) is 0.429. The Labute approximate surface area is 126 Å². The molecule has 1 aromatic rings. The lowest BCUT2D eigenvalue weighted by Crippen LogP contribution is -2.24. The first-order chi connectivity index (χ1) is 9.70. The third kappa shape index (κ3) is 4.42. The average Bonchev–Trinajstić information content (AvgIpc) is 2.38. The average molecular weight is 318 g/mol. The summed E-state index contributed by atoms with van der Waals surface area (Å²) in [4.78, 5) is 11.8. The maximum Gasteiger partial charge on any atom is 0.416 e. The minimum atomic E-state index is -4.49. The van der Waals surface area contributed by atoms with E-state index in [0.717, 1.165) is 12.1 Å². The van der Waals surface area contributed by atoms with Crippen LogP contribution < -0.4 is 11.1 Å². The molecule has 0 atom stereocenters. The molecule has 0 bridgehead atoms. The lowest BCUT2D eigenvalue weighted by molar-refractivity contribution is -0.137. The van der Waals surface area contributed by atoms with Crippen molar-refractivity contribution in [3.05, 3.63) is 29.3 Å². The lowest BCUT2D eigenvalue weighted by atomic mass is 10.0. The number of alkyl halides is 3. The number of amides is 1. The topological polar surface area (TPSA) is 55.1 Å². The van der Waals surface area contributed by atoms with Crippen LogP contribution in [0.15, 0.2) is 18.2 Å². The van der Waals surface area contributed by atoms with Crippen molar-refractivity contribution in [3.63, 3.8) is 0 Å². The SMILES string of the molecule is CCC(CC)C(=O)Nc1ccc(C(F)(F)F)cc1C(N)=S. The number of benzene rings is 1. The van der Waals surface area contributed by atoms with E-state index in [0.29, 0.717) is 12.8 Å². The number of anilines is 1. The second kappa shape index (κ2) is 6.89. The van der Waals surface area contributed by atoms with Crippen molar-refractivity contribution in [2.75, 3.05) is 5.32 Å². The molecule has 1 aromatic carbocycles. The Hall–Kier alpha value is -1.63. The van der Waals surface area contributed by atoms with Gasteiger partial charge >= 0.3 is 6.18 Å². The van der Waals surface area contributed by atoms with Crippen LogP contribution in [-0.2, 0) is 11.0 Å². The summed E-state index contributed by atoms with van der Waals surface area (Å²) in [5.41, 5.74) is 4.82. The minimum Gasteiger partial charge on any atom is -0.389 e. The van der Waals surface area contributed by atoms with Gasteiger partial charge in [0.15, 0.2) is 0 Å². The molecule has 116 valence electrons. The monoisotopic (exact) mass is 318 g/mol. The molecule has 0 aliphatic heterocycles. The molecule has 1 rings (SSSR count). The van der Waals surface area contributed by atoms with Crippen LogP contribution in [0.5, 0.6) is 0 Å². The Morgan fingerprint density at radius 2 is 1.90 bits per heavy atom. The molecule has 0 saturated carbocycles. The van der Waals surface area contributed by atoms with Crippen LogP contribution in [0.25, 0.3) is 0 Å². The standard InChI is InChI=1S/C14H17F3N2OS/c1-3-8(4-2)13(20)19-11-6-5-9(14(15,16)17)7-10(11)12(18)21/h5-8H,3-4H2,1-2H3,(H2,18,21)(H,19,20). The van der Waals surface area contributed by atoms with Gasteiger partial charge in [0.25, 0.3) is 0 Å². The molecule has 0 aliphatic carbocycles. The van der Waals surface area contributed by atoms with Crippen molar-refractivity contribution >= 4 is 28.8 Å². The summed E-state index contributed by atoms with van der Waals surface area (Å²) in [6.45, 7) is 3.74. The van der Waals surface area contributed by atoms with E-state index in [1.54, 1.807) is 0 Å². The summed E-state index contributed by atoms with van der Waals surface area (Å²) in [5, 5.41) is 2.60. The van der Waals surface area contributed by atoms with E-state index in [-0.39, 0.29) is 28.1 Å². The molecule has 0 heterocycles. The first kappa shape index (κ1) is 17.4. The van der Waals surface area contributed by atoms with Crippen LogP contribution in [0.4, 0.5) is 18.9 Å². The highest BCUT2D eigenvalue weighted by Crippen LogP contribution is 2.32. The van der Waals surface area contributed by atoms with Crippen LogP contribution >= 0.6 is 12.2 Å². The molecular formula is C14H17F3N2OS. The van der Waals surface area contributed by atoms with Crippen LogP contribution in [0.1, 0.15) is 37.8 Å². The first-order valence-corrected chi connectivity index (χ1v) is 6.93. The Morgan fingerprint density at radius 1 is 1.33 bits per heavy atom. The molecule has 3 N–H and O–H groups in total. The summed E-state index contributed by atoms with van der Waals surface area (Å²) < 4.78 is 38.1. The number of nitrogens with two attached hydrogens (primary N) is 1. The Bertz CT molecular complexity index is 540. The largest absolute Gasteiger partial charge is 0.416 e. The fourth-order valence-electron chi connectivity index (χ4n) is 1.93. The van der Waals surface area contributed by atoms with Gasteiger partial charge in [-0.15, -0.1) is 0 Å². The molecular weight excluding hydrogens is 301 g/mol. The van der Waals surface area contributed by atoms with Gasteiger partial charge in [0.1, 0.15) is 4.99 Å². The highest BCUT2D eigenvalue weighted by atomic mass is 32.1. The summed E-state index contributed by atoms with van der Waals surface area (Å²) >= 11 is 4.77. The van der Waals surface area contributed by atoms with Gasteiger partial charge in [0.2, 0.25) is 5.91 Å². The first-order valence-electron chi connectivity index (χ1n) is 6.52. The maximum atomic E-state index is 12.7. The zero-order valence-corrected chi connectivity index (χ0v) is 12.6. The molecule has 0 spiro atoms. The van der Waals surface area contributed by atoms with Gasteiger partial charge in [0, 0.05) is 11.5 Å². The normalized spacial score (nSPS) is 11.5. The highest BCUT2D eigenvalue weighted by Gasteiger charge is 2.31. The van der Waals surface area contributed by atoms with Gasteiger partial charge in [0.05, 0.1) is 11.3 Å². The summed E-state index contributed by atoms with van der Waals surface area (Å²) in [5.74, 6) is -0.455. The zero-order chi connectivity index (χ0) is 16.2. The molecule has 7 heteroatoms. The Balaban J connectivity index is 3.13. The van der Waals surface area contributed by atoms with Crippen molar-refractivity contribution in [1.82, 2.24) is 0 Å². The molecule has 0 radical (unpaired) electrons. The third-order valence-corrected chi connectivity index (χ3v) is 3.45. The van der Waals surface area contributed by atoms with E-state index in [1.807, 2.05) is 13.8 Å². The van der Waals surface area contributed by atoms with Crippen LogP contribution in [0, 0.1) is 5.92 Å². The van der Waals surface area contributed by atoms with Crippen molar-refractivity contribution in [3.8, 4) is 0 Å². The van der Waals surface area contributed by atoms with E-state index in [9.17, 15) is 18.0 Å². The Kier molecular flexibility index (Phi) is 5.71. The second-order valence-corrected chi connectivity index (χ2v) is 5.06. The minimum absolute atomic E-state index is 0.0131. The van der Waals surface area contributed by atoms with Crippen molar-refractivity contribution in [1.29, 1.82) is 0 Å². The van der Waals surface area contributed by atoms with Crippen molar-refractivity contribution in [2.45, 2.75) is 32.9 Å². The number of nitrogens with one attached hydrogen (secondary N) is 1. The fourth-order valence-corrected chi connectivity index (χ4v) is 2.10. The maximum absolute atomic E-state index is 12.7. The van der Waals surface area contributed by atoms with Gasteiger partial charge in [-0.2, -0.15) is 13.2 Å². The molecule has 0 aromatic heterocycles. The number of carbonyl (C=O) groups excluding carboxylic acids is 1. The number of hydrogen-bond acceptors (Lipinski definition) is 2. The number of carbonyl (C=O) groups is 1. The lowest BCUT2D eigenvalue weighted by Gasteiger charge is -2.16. The van der Waals surface area contributed by atoms with E-state index < -0.39 is 11.7 Å². The smallest absolute Gasteiger partial charge is 0.389 e. The zero-order valence-electron chi connectivity index (χ0n) is 11.8. The van der Waals surface area contributed by atoms with Crippen LogP contribution in [-0.4, -0.2) is 10.9 Å². The number of thiocarbonyl (C=S) groups is 1. The number of rotatable bonds is 5. The van der Waals surface area contributed by atoms with Crippen LogP contribution in [0.3, 0.4) is 0 Å². The molecule has 0 saturated heterocycles. The molecule has 3 nitrogen and oxygen atoms in total. The summed E-state index contributed by atoms with van der Waals surface area (Å²) in [6.07, 6.45) is -3.20. The van der Waals surface area contributed by atoms with E-state index in [2.05, 4.69) is 5.32 Å². The van der Waals surface area contributed by atoms with Gasteiger partial charge in [-0.05, 0) is 31.0 Å². The van der Waals surface area contributed by atoms with E-state index in [4.69, 9.17) is 18.0 Å². The molecule has 1 amide bonds. The molecule has 21 heavy (non-hydrogen) atoms. The predicted octanol–water partition coefficient (Wildman–Crippen LogP) is 3.71. The number of hydrogen-bond donors (Lipinski definition) is 2. The Morgan fingerprint density at radius 3 is 2.33 bits per heavy atom. The van der Waals surface area contributed by atoms with Crippen LogP contribution in [0.2, 0.25) is 0 Å². The quantitative estimate of drug-likeness (QED) is 0.814. The van der Waals surface area contributed by atoms with Gasteiger partial charge in [-0.3, -0.25) is 4.79 Å². The van der Waals surface area contributed by atoms with Gasteiger partial charge < -0.3 is 11.1 Å². The predicted molar refractivity (Wildman–Crippen MR) is 80.0 cm³/mol. The number of halogens is 3. The van der Waals surface area contributed by atoms with Crippen molar-refractivity contribution < 1.29 is 18.0 Å². The van der Waals surface area contributed by atoms with Gasteiger partial charge in [-0.1, -0.05) is 26.1 Å². The molecule has 0 aliphatic rings. The molecule has 0 unspecified atom stereocenters. The third-order valence-electron chi connectivity index (χ3n) is 3.23. The van der Waals surface area contributed by atoms with Crippen molar-refractivity contribution in [2.24, 2.45) is 11.7 Å².